The molecule has 1 aromatic rings. The van der Waals surface area contributed by atoms with E-state index < -0.39 is 30.2 Å². The monoisotopic (exact) mass is 246 g/mol. The molecule has 0 aliphatic rings. The molecule has 0 amide bonds. The van der Waals surface area contributed by atoms with E-state index in [-0.39, 0.29) is 4.68 Å². The second kappa shape index (κ2) is 3.80. The summed E-state index contributed by atoms with van der Waals surface area (Å²) in [6.07, 6.45) is -8.87. The maximum absolute atomic E-state index is 11.9. The largest absolute Gasteiger partial charge is 0.454 e. The van der Waals surface area contributed by atoms with E-state index in [1.807, 2.05) is 0 Å². The summed E-state index contributed by atoms with van der Waals surface area (Å²) >= 11 is 0. The Bertz CT molecular complexity index is 390. The molecule has 0 aliphatic carbocycles. The standard InChI is InChI=1S/C7H4F6N2O/c8-6(9,10)3-15-2-4(1-14-15)5(16)7(11,12)13/h1-2H,3H2. The van der Waals surface area contributed by atoms with Gasteiger partial charge in [-0.15, -0.1) is 0 Å². The molecule has 16 heavy (non-hydrogen) atoms. The van der Waals surface area contributed by atoms with Crippen LogP contribution in [0.3, 0.4) is 0 Å². The van der Waals surface area contributed by atoms with E-state index in [2.05, 4.69) is 5.10 Å². The number of carbonyl (C=O) groups excluding carboxylic acids is 1. The van der Waals surface area contributed by atoms with Crippen molar-refractivity contribution in [2.75, 3.05) is 0 Å². The van der Waals surface area contributed by atoms with E-state index in [1.54, 1.807) is 0 Å². The van der Waals surface area contributed by atoms with Gasteiger partial charge in [-0.1, -0.05) is 0 Å². The predicted octanol–water partition coefficient (Wildman–Crippen LogP) is 2.19. The van der Waals surface area contributed by atoms with Gasteiger partial charge in [-0.2, -0.15) is 31.4 Å². The van der Waals surface area contributed by atoms with Crippen molar-refractivity contribution in [1.29, 1.82) is 0 Å². The summed E-state index contributed by atoms with van der Waals surface area (Å²) in [6.45, 7) is -1.54. The van der Waals surface area contributed by atoms with Crippen molar-refractivity contribution in [1.82, 2.24) is 9.78 Å². The van der Waals surface area contributed by atoms with Gasteiger partial charge in [-0.05, 0) is 0 Å². The highest BCUT2D eigenvalue weighted by Crippen LogP contribution is 2.22. The van der Waals surface area contributed by atoms with Gasteiger partial charge in [0, 0.05) is 6.20 Å². The van der Waals surface area contributed by atoms with E-state index in [4.69, 9.17) is 0 Å². The molecule has 0 bridgehead atoms. The van der Waals surface area contributed by atoms with Gasteiger partial charge in [-0.25, -0.2) is 0 Å². The van der Waals surface area contributed by atoms with Crippen LogP contribution in [0, 0.1) is 0 Å². The Morgan fingerprint density at radius 3 is 2.25 bits per heavy atom. The normalized spacial score (nSPS) is 12.9. The van der Waals surface area contributed by atoms with Crippen molar-refractivity contribution in [2.45, 2.75) is 18.9 Å². The van der Waals surface area contributed by atoms with Crippen LogP contribution in [0.25, 0.3) is 0 Å². The second-order valence-corrected chi connectivity index (χ2v) is 2.87. The van der Waals surface area contributed by atoms with Crippen LogP contribution < -0.4 is 0 Å². The first-order valence-electron chi connectivity index (χ1n) is 3.80. The fourth-order valence-electron chi connectivity index (χ4n) is 0.915. The molecular formula is C7H4F6N2O. The Kier molecular flexibility index (Phi) is 2.97. The molecule has 1 heterocycles. The van der Waals surface area contributed by atoms with Crippen LogP contribution in [0.5, 0.6) is 0 Å². The third kappa shape index (κ3) is 3.24. The minimum atomic E-state index is -5.12. The van der Waals surface area contributed by atoms with E-state index in [0.717, 1.165) is 0 Å². The van der Waals surface area contributed by atoms with Crippen molar-refractivity contribution >= 4 is 5.78 Å². The smallest absolute Gasteiger partial charge is 0.284 e. The molecule has 0 fully saturated rings. The van der Waals surface area contributed by atoms with Crippen molar-refractivity contribution in [2.24, 2.45) is 0 Å². The highest BCUT2D eigenvalue weighted by Gasteiger charge is 2.40. The number of halogens is 6. The van der Waals surface area contributed by atoms with Gasteiger partial charge in [0.2, 0.25) is 0 Å². The van der Waals surface area contributed by atoms with Gasteiger partial charge in [0.05, 0.1) is 11.8 Å². The number of hydrogen-bond acceptors (Lipinski definition) is 2. The minimum absolute atomic E-state index is 0.221. The molecule has 9 heteroatoms. The van der Waals surface area contributed by atoms with Crippen LogP contribution in [0.2, 0.25) is 0 Å². The SMILES string of the molecule is O=C(c1cnn(CC(F)(F)F)c1)C(F)(F)F. The van der Waals surface area contributed by atoms with Crippen molar-refractivity contribution in [3.8, 4) is 0 Å². The fraction of sp³-hybridized carbons (Fsp3) is 0.429. The molecule has 0 atom stereocenters. The molecule has 90 valence electrons. The molecule has 0 saturated carbocycles. The van der Waals surface area contributed by atoms with Crippen LogP contribution >= 0.6 is 0 Å². The Balaban J connectivity index is 2.84. The summed E-state index contributed by atoms with van der Waals surface area (Å²) in [5, 5.41) is 3.01. The zero-order valence-electron chi connectivity index (χ0n) is 7.43. The molecule has 0 saturated heterocycles. The molecule has 3 nitrogen and oxygen atoms in total. The van der Waals surface area contributed by atoms with Gasteiger partial charge < -0.3 is 0 Å². The zero-order chi connectivity index (χ0) is 12.6. The summed E-state index contributed by atoms with van der Waals surface area (Å²) < 4.78 is 71.3. The summed E-state index contributed by atoms with van der Waals surface area (Å²) in [7, 11) is 0. The average Bonchev–Trinajstić information content (AvgIpc) is 2.46. The first kappa shape index (κ1) is 12.5. The maximum Gasteiger partial charge on any atom is 0.454 e. The van der Waals surface area contributed by atoms with E-state index >= 15 is 0 Å². The number of carbonyl (C=O) groups is 1. The van der Waals surface area contributed by atoms with Crippen molar-refractivity contribution in [3.63, 3.8) is 0 Å². The van der Waals surface area contributed by atoms with Crippen LogP contribution in [0.1, 0.15) is 10.4 Å². The molecular weight excluding hydrogens is 242 g/mol. The number of Topliss-reactive ketones (excluding diaryl/α,β-unsaturated/α-hetero) is 1. The van der Waals surface area contributed by atoms with Crippen LogP contribution in [0.4, 0.5) is 26.3 Å². The van der Waals surface area contributed by atoms with E-state index in [1.165, 1.54) is 0 Å². The van der Waals surface area contributed by atoms with Crippen molar-refractivity contribution < 1.29 is 31.1 Å². The molecule has 0 unspecified atom stereocenters. The molecule has 1 rings (SSSR count). The molecule has 0 aliphatic heterocycles. The highest BCUT2D eigenvalue weighted by atomic mass is 19.4. The lowest BCUT2D eigenvalue weighted by Gasteiger charge is -2.05. The maximum atomic E-state index is 11.9. The fourth-order valence-corrected chi connectivity index (χ4v) is 0.915. The van der Waals surface area contributed by atoms with Crippen LogP contribution in [0.15, 0.2) is 12.4 Å². The highest BCUT2D eigenvalue weighted by molar-refractivity contribution is 5.99. The van der Waals surface area contributed by atoms with E-state index in [0.29, 0.717) is 12.4 Å². The lowest BCUT2D eigenvalue weighted by atomic mass is 10.2. The molecule has 0 spiro atoms. The van der Waals surface area contributed by atoms with Crippen LogP contribution in [-0.4, -0.2) is 27.9 Å². The Morgan fingerprint density at radius 1 is 1.25 bits per heavy atom. The molecule has 1 aromatic heterocycles. The first-order valence-corrected chi connectivity index (χ1v) is 3.80. The quantitative estimate of drug-likeness (QED) is 0.592. The number of alkyl halides is 6. The molecule has 0 N–H and O–H groups in total. The number of nitrogens with zero attached hydrogens (tertiary/aromatic N) is 2. The second-order valence-electron chi connectivity index (χ2n) is 2.87. The third-order valence-electron chi connectivity index (χ3n) is 1.49. The van der Waals surface area contributed by atoms with Gasteiger partial charge >= 0.3 is 12.4 Å². The summed E-state index contributed by atoms with van der Waals surface area (Å²) in [6, 6.07) is 0. The molecule has 0 aromatic carbocycles. The predicted molar refractivity (Wildman–Crippen MR) is 38.7 cm³/mol. The lowest BCUT2D eigenvalue weighted by Crippen LogP contribution is -2.22. The number of rotatable bonds is 2. The number of hydrogen-bond donors (Lipinski definition) is 0. The topological polar surface area (TPSA) is 34.9 Å². The number of ketones is 1. The summed E-state index contributed by atoms with van der Waals surface area (Å²) in [5.74, 6) is -2.22. The van der Waals surface area contributed by atoms with Crippen LogP contribution in [-0.2, 0) is 6.54 Å². The zero-order valence-corrected chi connectivity index (χ0v) is 7.43. The summed E-state index contributed by atoms with van der Waals surface area (Å²) in [4.78, 5) is 10.6. The average molecular weight is 246 g/mol. The first-order chi connectivity index (χ1) is 7.09. The van der Waals surface area contributed by atoms with Gasteiger partial charge in [0.25, 0.3) is 5.78 Å². The van der Waals surface area contributed by atoms with E-state index in [9.17, 15) is 31.1 Å². The third-order valence-corrected chi connectivity index (χ3v) is 1.49. The Hall–Kier alpha value is -1.54. The lowest BCUT2D eigenvalue weighted by molar-refractivity contribution is -0.142. The number of aromatic nitrogens is 2. The van der Waals surface area contributed by atoms with Gasteiger partial charge in [0.15, 0.2) is 0 Å². The van der Waals surface area contributed by atoms with Gasteiger partial charge in [0.1, 0.15) is 6.54 Å². The Labute approximate surface area is 84.7 Å². The van der Waals surface area contributed by atoms with Crippen molar-refractivity contribution in [3.05, 3.63) is 18.0 Å². The summed E-state index contributed by atoms with van der Waals surface area (Å²) in [5.41, 5.74) is -0.920. The van der Waals surface area contributed by atoms with Gasteiger partial charge in [-0.3, -0.25) is 9.48 Å². The molecule has 0 radical (unpaired) electrons. The Morgan fingerprint density at radius 2 is 1.81 bits per heavy atom. The minimum Gasteiger partial charge on any atom is -0.284 e.